The van der Waals surface area contributed by atoms with E-state index in [1.807, 2.05) is 36.4 Å². The number of rotatable bonds is 14. The summed E-state index contributed by atoms with van der Waals surface area (Å²) >= 11 is 0. The lowest BCUT2D eigenvalue weighted by molar-refractivity contribution is 0.596. The van der Waals surface area contributed by atoms with Crippen molar-refractivity contribution in [1.29, 1.82) is 0 Å². The van der Waals surface area contributed by atoms with Crippen LogP contribution in [-0.4, -0.2) is 34.6 Å². The fourth-order valence-corrected chi connectivity index (χ4v) is 5.97. The zero-order chi connectivity index (χ0) is 30.7. The maximum Gasteiger partial charge on any atom is 0.206 e. The predicted molar refractivity (Wildman–Crippen MR) is 176 cm³/mol. The smallest absolute Gasteiger partial charge is 0.206 e. The number of sulfone groups is 1. The van der Waals surface area contributed by atoms with Crippen LogP contribution in [-0.2, 0) is 9.84 Å². The predicted octanol–water partition coefficient (Wildman–Crippen LogP) is 9.82. The van der Waals surface area contributed by atoms with Crippen LogP contribution in [0.1, 0.15) is 40.5 Å². The molecule has 9 heteroatoms. The molecule has 0 unspecified atom stereocenters. The van der Waals surface area contributed by atoms with Crippen molar-refractivity contribution in [3.05, 3.63) is 97.1 Å². The molecular weight excluding hydrogens is 556 g/mol. The molecule has 0 heterocycles. The molecule has 8 nitrogen and oxygen atoms in total. The van der Waals surface area contributed by atoms with E-state index in [9.17, 15) is 8.42 Å². The van der Waals surface area contributed by atoms with Gasteiger partial charge in [-0.1, -0.05) is 13.8 Å². The number of anilines is 2. The lowest BCUT2D eigenvalue weighted by atomic mass is 10.2. The molecule has 0 saturated heterocycles. The lowest BCUT2D eigenvalue weighted by Gasteiger charge is -2.23. The minimum atomic E-state index is -3.70. The Morgan fingerprint density at radius 2 is 0.767 bits per heavy atom. The summed E-state index contributed by atoms with van der Waals surface area (Å²) in [6.45, 7) is 12.5. The van der Waals surface area contributed by atoms with Crippen molar-refractivity contribution in [1.82, 2.24) is 0 Å². The van der Waals surface area contributed by atoms with Crippen molar-refractivity contribution in [2.24, 2.45) is 20.5 Å². The van der Waals surface area contributed by atoms with Gasteiger partial charge >= 0.3 is 0 Å². The van der Waals surface area contributed by atoms with Crippen LogP contribution in [0.25, 0.3) is 0 Å². The number of nitrogens with zero attached hydrogens (tertiary/aromatic N) is 6. The van der Waals surface area contributed by atoms with Gasteiger partial charge in [-0.15, -0.1) is 0 Å². The van der Waals surface area contributed by atoms with Gasteiger partial charge in [0.15, 0.2) is 0 Å². The third kappa shape index (κ3) is 8.35. The summed E-state index contributed by atoms with van der Waals surface area (Å²) in [5, 5.41) is 17.2. The highest BCUT2D eigenvalue weighted by Gasteiger charge is 2.17. The van der Waals surface area contributed by atoms with Gasteiger partial charge in [-0.3, -0.25) is 0 Å². The Hall–Kier alpha value is -4.37. The van der Waals surface area contributed by atoms with Gasteiger partial charge in [0.25, 0.3) is 0 Å². The van der Waals surface area contributed by atoms with Crippen LogP contribution in [0, 0.1) is 0 Å². The summed E-state index contributed by atoms with van der Waals surface area (Å²) in [4.78, 5) is 4.99. The van der Waals surface area contributed by atoms with E-state index >= 15 is 0 Å². The standard InChI is InChI=1S/C34H40N6O2S/c1-5-25-40(26-6-2)32-19-11-28(12-20-32)36-38-30-15-23-34(24-16-30)43(41,42)33-21-13-29(14-22-33)37-35-27-9-17-31(18-10-27)39(7-3)8-4/h9-24H,5-8,25-26H2,1-4H3. The van der Waals surface area contributed by atoms with Gasteiger partial charge in [0.1, 0.15) is 0 Å². The molecule has 0 saturated carbocycles. The molecule has 0 atom stereocenters. The zero-order valence-corrected chi connectivity index (χ0v) is 26.2. The Balaban J connectivity index is 1.39. The van der Waals surface area contributed by atoms with Gasteiger partial charge in [0, 0.05) is 37.6 Å². The minimum absolute atomic E-state index is 0.185. The van der Waals surface area contributed by atoms with Crippen LogP contribution in [0.2, 0.25) is 0 Å². The van der Waals surface area contributed by atoms with Gasteiger partial charge in [-0.05, 0) is 124 Å². The Bertz CT molecular complexity index is 1590. The Morgan fingerprint density at radius 3 is 1.07 bits per heavy atom. The summed E-state index contributed by atoms with van der Waals surface area (Å²) in [6, 6.07) is 28.7. The van der Waals surface area contributed by atoms with Crippen LogP contribution in [0.5, 0.6) is 0 Å². The molecule has 43 heavy (non-hydrogen) atoms. The normalized spacial score (nSPS) is 11.8. The fourth-order valence-electron chi connectivity index (χ4n) is 4.71. The summed E-state index contributed by atoms with van der Waals surface area (Å²) in [5.74, 6) is 0. The van der Waals surface area contributed by atoms with Gasteiger partial charge in [0.2, 0.25) is 9.84 Å². The topological polar surface area (TPSA) is 90.1 Å². The number of hydrogen-bond acceptors (Lipinski definition) is 8. The molecule has 0 spiro atoms. The highest BCUT2D eigenvalue weighted by Crippen LogP contribution is 2.28. The van der Waals surface area contributed by atoms with E-state index in [4.69, 9.17) is 0 Å². The molecule has 0 aliphatic carbocycles. The summed E-state index contributed by atoms with van der Waals surface area (Å²) < 4.78 is 26.4. The van der Waals surface area contributed by atoms with Crippen LogP contribution >= 0.6 is 0 Å². The second kappa shape index (κ2) is 15.2. The van der Waals surface area contributed by atoms with E-state index in [0.717, 1.165) is 56.1 Å². The Labute approximate surface area is 255 Å². The van der Waals surface area contributed by atoms with Crippen molar-refractivity contribution < 1.29 is 8.42 Å². The lowest BCUT2D eigenvalue weighted by Crippen LogP contribution is -2.24. The summed E-state index contributed by atoms with van der Waals surface area (Å²) in [5.41, 5.74) is 4.92. The Morgan fingerprint density at radius 1 is 0.465 bits per heavy atom. The molecule has 0 aliphatic heterocycles. The average Bonchev–Trinajstić information content (AvgIpc) is 3.04. The first-order valence-corrected chi connectivity index (χ1v) is 16.3. The zero-order valence-electron chi connectivity index (χ0n) is 25.4. The molecule has 0 amide bonds. The van der Waals surface area contributed by atoms with Crippen LogP contribution < -0.4 is 9.80 Å². The van der Waals surface area contributed by atoms with Crippen molar-refractivity contribution >= 4 is 44.0 Å². The van der Waals surface area contributed by atoms with E-state index in [1.54, 1.807) is 48.5 Å². The first-order chi connectivity index (χ1) is 20.9. The quantitative estimate of drug-likeness (QED) is 0.135. The maximum absolute atomic E-state index is 13.2. The summed E-state index contributed by atoms with van der Waals surface area (Å²) in [7, 11) is -3.70. The van der Waals surface area contributed by atoms with Crippen LogP contribution in [0.3, 0.4) is 0 Å². The summed E-state index contributed by atoms with van der Waals surface area (Å²) in [6.07, 6.45) is 2.19. The van der Waals surface area contributed by atoms with Crippen LogP contribution in [0.4, 0.5) is 34.1 Å². The van der Waals surface area contributed by atoms with Crippen molar-refractivity contribution in [2.45, 2.75) is 50.3 Å². The molecule has 224 valence electrons. The molecule has 0 aromatic heterocycles. The van der Waals surface area contributed by atoms with Gasteiger partial charge in [-0.25, -0.2) is 8.42 Å². The van der Waals surface area contributed by atoms with Crippen molar-refractivity contribution in [3.63, 3.8) is 0 Å². The van der Waals surface area contributed by atoms with Crippen LogP contribution in [0.15, 0.2) is 127 Å². The van der Waals surface area contributed by atoms with E-state index in [2.05, 4.69) is 70.1 Å². The fraction of sp³-hybridized carbons (Fsp3) is 0.294. The molecule has 4 rings (SSSR count). The average molecular weight is 597 g/mol. The Kier molecular flexibility index (Phi) is 11.2. The highest BCUT2D eigenvalue weighted by molar-refractivity contribution is 7.91. The van der Waals surface area contributed by atoms with Crippen molar-refractivity contribution in [3.8, 4) is 0 Å². The molecular formula is C34H40N6O2S. The maximum atomic E-state index is 13.2. The number of benzene rings is 4. The van der Waals surface area contributed by atoms with Gasteiger partial charge < -0.3 is 9.80 Å². The number of hydrogen-bond donors (Lipinski definition) is 0. The van der Waals surface area contributed by atoms with E-state index in [-0.39, 0.29) is 9.79 Å². The first-order valence-electron chi connectivity index (χ1n) is 14.9. The molecule has 4 aromatic rings. The monoisotopic (exact) mass is 596 g/mol. The third-order valence-corrected chi connectivity index (χ3v) is 8.82. The molecule has 0 radical (unpaired) electrons. The number of azo groups is 2. The van der Waals surface area contributed by atoms with Gasteiger partial charge in [0.05, 0.1) is 32.5 Å². The first kappa shape index (κ1) is 31.6. The van der Waals surface area contributed by atoms with Crippen molar-refractivity contribution in [2.75, 3.05) is 36.0 Å². The van der Waals surface area contributed by atoms with E-state index in [0.29, 0.717) is 11.4 Å². The van der Waals surface area contributed by atoms with E-state index in [1.165, 1.54) is 5.69 Å². The van der Waals surface area contributed by atoms with E-state index < -0.39 is 9.84 Å². The minimum Gasteiger partial charge on any atom is -0.372 e. The molecule has 0 fully saturated rings. The van der Waals surface area contributed by atoms with Gasteiger partial charge in [-0.2, -0.15) is 20.5 Å². The molecule has 4 aromatic carbocycles. The molecule has 0 aliphatic rings. The molecule has 0 bridgehead atoms. The highest BCUT2D eigenvalue weighted by atomic mass is 32.2. The second-order valence-corrected chi connectivity index (χ2v) is 12.0. The molecule has 0 N–H and O–H groups in total. The third-order valence-electron chi connectivity index (χ3n) is 7.04. The second-order valence-electron chi connectivity index (χ2n) is 10.1. The largest absolute Gasteiger partial charge is 0.372 e. The SMILES string of the molecule is CCCN(CCC)c1ccc(N=Nc2ccc(S(=O)(=O)c3ccc(N=Nc4ccc(N(CC)CC)cc4)cc3)cc2)cc1.